The Hall–Kier alpha value is -1.69. The second-order valence-corrected chi connectivity index (χ2v) is 4.44. The molecule has 7 heteroatoms. The molecule has 1 aromatic heterocycles. The molecule has 1 aromatic carbocycles. The highest BCUT2D eigenvalue weighted by Crippen LogP contribution is 2.35. The minimum absolute atomic E-state index is 0.0767. The van der Waals surface area contributed by atoms with Crippen molar-refractivity contribution in [3.05, 3.63) is 23.1 Å². The van der Waals surface area contributed by atoms with Crippen LogP contribution in [0, 0.1) is 0 Å². The fourth-order valence-corrected chi connectivity index (χ4v) is 2.08. The SMILES string of the molecule is CCCc1nc(Cl)c2cc(OC)c(OC(F)F)cc2n1. The first-order valence-corrected chi connectivity index (χ1v) is 6.42. The van der Waals surface area contributed by atoms with Crippen molar-refractivity contribution in [3.63, 3.8) is 0 Å². The van der Waals surface area contributed by atoms with Crippen LogP contribution in [-0.2, 0) is 6.42 Å². The van der Waals surface area contributed by atoms with E-state index in [0.29, 0.717) is 23.1 Å². The van der Waals surface area contributed by atoms with Crippen LogP contribution in [0.4, 0.5) is 8.78 Å². The third-order valence-electron chi connectivity index (χ3n) is 2.67. The summed E-state index contributed by atoms with van der Waals surface area (Å²) in [6, 6.07) is 2.87. The van der Waals surface area contributed by atoms with Crippen molar-refractivity contribution in [2.45, 2.75) is 26.4 Å². The van der Waals surface area contributed by atoms with E-state index >= 15 is 0 Å². The van der Waals surface area contributed by atoms with Crippen LogP contribution in [0.1, 0.15) is 19.2 Å². The van der Waals surface area contributed by atoms with E-state index in [-0.39, 0.29) is 16.7 Å². The quantitative estimate of drug-likeness (QED) is 0.787. The normalized spacial score (nSPS) is 11.1. The molecule has 20 heavy (non-hydrogen) atoms. The number of halogens is 3. The Morgan fingerprint density at radius 1 is 1.25 bits per heavy atom. The standard InChI is InChI=1S/C13H13ClF2N2O2/c1-3-4-11-17-8-6-10(20-13(15)16)9(19-2)5-7(8)12(14)18-11/h5-6,13H,3-4H2,1-2H3. The zero-order valence-electron chi connectivity index (χ0n) is 11.0. The molecule has 0 radical (unpaired) electrons. The Morgan fingerprint density at radius 2 is 2.00 bits per heavy atom. The highest BCUT2D eigenvalue weighted by Gasteiger charge is 2.15. The molecular formula is C13H13ClF2N2O2. The predicted octanol–water partition coefficient (Wildman–Crippen LogP) is 3.85. The third kappa shape index (κ3) is 3.07. The van der Waals surface area contributed by atoms with Gasteiger partial charge in [-0.1, -0.05) is 18.5 Å². The van der Waals surface area contributed by atoms with Crippen molar-refractivity contribution in [2.24, 2.45) is 0 Å². The number of methoxy groups -OCH3 is 1. The van der Waals surface area contributed by atoms with Crippen LogP contribution in [0.15, 0.2) is 12.1 Å². The van der Waals surface area contributed by atoms with Gasteiger partial charge in [-0.05, 0) is 12.5 Å². The smallest absolute Gasteiger partial charge is 0.387 e. The lowest BCUT2D eigenvalue weighted by Gasteiger charge is -2.12. The van der Waals surface area contributed by atoms with Crippen LogP contribution in [-0.4, -0.2) is 23.7 Å². The summed E-state index contributed by atoms with van der Waals surface area (Å²) < 4.78 is 34.2. The van der Waals surface area contributed by atoms with E-state index in [2.05, 4.69) is 14.7 Å². The van der Waals surface area contributed by atoms with Gasteiger partial charge >= 0.3 is 6.61 Å². The Morgan fingerprint density at radius 3 is 2.60 bits per heavy atom. The summed E-state index contributed by atoms with van der Waals surface area (Å²) in [5.41, 5.74) is 0.449. The molecule has 2 rings (SSSR count). The summed E-state index contributed by atoms with van der Waals surface area (Å²) in [6.07, 6.45) is 1.52. The monoisotopic (exact) mass is 302 g/mol. The third-order valence-corrected chi connectivity index (χ3v) is 2.96. The highest BCUT2D eigenvalue weighted by molar-refractivity contribution is 6.34. The lowest BCUT2D eigenvalue weighted by molar-refractivity contribution is -0.0511. The van der Waals surface area contributed by atoms with Gasteiger partial charge in [0, 0.05) is 17.9 Å². The van der Waals surface area contributed by atoms with E-state index in [1.165, 1.54) is 19.2 Å². The van der Waals surface area contributed by atoms with Gasteiger partial charge in [0.1, 0.15) is 11.0 Å². The number of aryl methyl sites for hydroxylation is 1. The number of rotatable bonds is 5. The lowest BCUT2D eigenvalue weighted by Crippen LogP contribution is -2.04. The summed E-state index contributed by atoms with van der Waals surface area (Å²) in [5, 5.41) is 0.797. The molecule has 0 amide bonds. The molecule has 0 saturated carbocycles. The van der Waals surface area contributed by atoms with Gasteiger partial charge in [0.25, 0.3) is 0 Å². The van der Waals surface area contributed by atoms with Crippen LogP contribution in [0.2, 0.25) is 5.15 Å². The second-order valence-electron chi connectivity index (χ2n) is 4.08. The van der Waals surface area contributed by atoms with Gasteiger partial charge in [-0.3, -0.25) is 0 Å². The molecule has 108 valence electrons. The fraction of sp³-hybridized carbons (Fsp3) is 0.385. The number of hydrogen-bond acceptors (Lipinski definition) is 4. The molecule has 4 nitrogen and oxygen atoms in total. The molecule has 0 fully saturated rings. The molecule has 0 aliphatic heterocycles. The van der Waals surface area contributed by atoms with Crippen molar-refractivity contribution in [3.8, 4) is 11.5 Å². The Bertz CT molecular complexity index is 623. The first kappa shape index (κ1) is 14.7. The van der Waals surface area contributed by atoms with E-state index in [1.54, 1.807) is 0 Å². The molecule has 0 spiro atoms. The van der Waals surface area contributed by atoms with Gasteiger partial charge in [0.2, 0.25) is 0 Å². The van der Waals surface area contributed by atoms with Crippen molar-refractivity contribution in [2.75, 3.05) is 7.11 Å². The zero-order chi connectivity index (χ0) is 14.7. The van der Waals surface area contributed by atoms with Crippen LogP contribution in [0.3, 0.4) is 0 Å². The van der Waals surface area contributed by atoms with Crippen LogP contribution < -0.4 is 9.47 Å². The number of ether oxygens (including phenoxy) is 2. The summed E-state index contributed by atoms with van der Waals surface area (Å²) >= 11 is 6.09. The summed E-state index contributed by atoms with van der Waals surface area (Å²) in [7, 11) is 1.36. The predicted molar refractivity (Wildman–Crippen MR) is 71.7 cm³/mol. The number of benzene rings is 1. The van der Waals surface area contributed by atoms with Crippen LogP contribution in [0.25, 0.3) is 10.9 Å². The Kier molecular flexibility index (Phi) is 4.54. The summed E-state index contributed by atoms with van der Waals surface area (Å²) in [4.78, 5) is 8.46. The molecule has 0 bridgehead atoms. The van der Waals surface area contributed by atoms with E-state index in [4.69, 9.17) is 16.3 Å². The highest BCUT2D eigenvalue weighted by atomic mass is 35.5. The zero-order valence-corrected chi connectivity index (χ0v) is 11.7. The average molecular weight is 303 g/mol. The van der Waals surface area contributed by atoms with Gasteiger partial charge in [0.15, 0.2) is 11.5 Å². The van der Waals surface area contributed by atoms with Gasteiger partial charge < -0.3 is 9.47 Å². The fourth-order valence-electron chi connectivity index (χ4n) is 1.83. The minimum Gasteiger partial charge on any atom is -0.493 e. The number of fused-ring (bicyclic) bond motifs is 1. The van der Waals surface area contributed by atoms with Crippen molar-refractivity contribution >= 4 is 22.5 Å². The van der Waals surface area contributed by atoms with Gasteiger partial charge in [0.05, 0.1) is 12.6 Å². The minimum atomic E-state index is -2.94. The molecule has 1 heterocycles. The molecule has 0 atom stereocenters. The molecule has 0 N–H and O–H groups in total. The number of nitrogens with zero attached hydrogens (tertiary/aromatic N) is 2. The molecular weight excluding hydrogens is 290 g/mol. The van der Waals surface area contributed by atoms with Crippen molar-refractivity contribution in [1.82, 2.24) is 9.97 Å². The van der Waals surface area contributed by atoms with Gasteiger partial charge in [-0.2, -0.15) is 8.78 Å². The summed E-state index contributed by atoms with van der Waals surface area (Å²) in [5.74, 6) is 0.650. The molecule has 0 saturated heterocycles. The molecule has 0 aliphatic carbocycles. The number of alkyl halides is 2. The average Bonchev–Trinajstić information content (AvgIpc) is 2.37. The van der Waals surface area contributed by atoms with Crippen LogP contribution in [0.5, 0.6) is 11.5 Å². The van der Waals surface area contributed by atoms with Gasteiger partial charge in [-0.25, -0.2) is 9.97 Å². The number of aromatic nitrogens is 2. The van der Waals surface area contributed by atoms with E-state index < -0.39 is 6.61 Å². The topological polar surface area (TPSA) is 44.2 Å². The van der Waals surface area contributed by atoms with Crippen LogP contribution >= 0.6 is 11.6 Å². The van der Waals surface area contributed by atoms with Gasteiger partial charge in [-0.15, -0.1) is 0 Å². The Balaban J connectivity index is 2.58. The maximum Gasteiger partial charge on any atom is 0.387 e. The van der Waals surface area contributed by atoms with Crippen molar-refractivity contribution in [1.29, 1.82) is 0 Å². The lowest BCUT2D eigenvalue weighted by atomic mass is 10.2. The first-order chi connectivity index (χ1) is 9.55. The molecule has 2 aromatic rings. The summed E-state index contributed by atoms with van der Waals surface area (Å²) in [6.45, 7) is -0.949. The molecule has 0 aliphatic rings. The maximum atomic E-state index is 12.4. The van der Waals surface area contributed by atoms with E-state index in [9.17, 15) is 8.78 Å². The van der Waals surface area contributed by atoms with Crippen molar-refractivity contribution < 1.29 is 18.3 Å². The second kappa shape index (κ2) is 6.17. The van der Waals surface area contributed by atoms with E-state index in [0.717, 1.165) is 6.42 Å². The Labute approximate surface area is 119 Å². The maximum absolute atomic E-state index is 12.4. The number of hydrogen-bond donors (Lipinski definition) is 0. The van der Waals surface area contributed by atoms with E-state index in [1.807, 2.05) is 6.92 Å². The molecule has 0 unspecified atom stereocenters. The first-order valence-electron chi connectivity index (χ1n) is 6.04. The largest absolute Gasteiger partial charge is 0.493 e.